The van der Waals surface area contributed by atoms with Gasteiger partial charge in [-0.15, -0.1) is 108 Å². The zero-order chi connectivity index (χ0) is 68.8. The van der Waals surface area contributed by atoms with Crippen molar-refractivity contribution >= 4 is 0 Å². The Morgan fingerprint density at radius 3 is 0.770 bits per heavy atom. The fraction of sp³-hybridized carbons (Fsp3) is 0.261. The smallest absolute Gasteiger partial charge is 0.339 e. The maximum atomic E-state index is 5.61. The van der Waals surface area contributed by atoms with Gasteiger partial charge in [-0.2, -0.15) is 0 Å². The normalized spacial score (nSPS) is 11.7. The number of benzene rings is 9. The van der Waals surface area contributed by atoms with Gasteiger partial charge in [-0.25, -0.2) is 0 Å². The third kappa shape index (κ3) is 15.4. The van der Waals surface area contributed by atoms with Gasteiger partial charge in [0.2, 0.25) is 0 Å². The van der Waals surface area contributed by atoms with Gasteiger partial charge < -0.3 is 13.7 Å². The fourth-order valence-electron chi connectivity index (χ4n) is 14.1. The molecule has 4 aromatic heterocycles. The Bertz CT molecular complexity index is 4290. The molecule has 0 aliphatic carbocycles. The molecule has 0 amide bonds. The quantitative estimate of drug-likeness (QED) is 0.0566. The van der Waals surface area contributed by atoms with Gasteiger partial charge in [0.15, 0.2) is 0 Å². The van der Waals surface area contributed by atoms with Crippen molar-refractivity contribution in [3.05, 3.63) is 317 Å². The van der Waals surface area contributed by atoms with Crippen LogP contribution in [-0.2, 0) is 58.6 Å². The number of nitrogens with zero attached hydrogens (tertiary/aromatic N) is 7. The summed E-state index contributed by atoms with van der Waals surface area (Å²) in [6.07, 6.45) is 11.2. The Kier molecular flexibility index (Phi) is 22.0. The summed E-state index contributed by atoms with van der Waals surface area (Å²) in [5, 5.41) is 0. The van der Waals surface area contributed by atoms with Crippen molar-refractivity contribution in [1.82, 2.24) is 33.6 Å². The van der Waals surface area contributed by atoms with E-state index in [2.05, 4.69) is 310 Å². The molecule has 0 N–H and O–H groups in total. The first kappa shape index (κ1) is 70.3. The number of aromatic nitrogens is 7. The van der Waals surface area contributed by atoms with Gasteiger partial charge in [0.25, 0.3) is 0 Å². The van der Waals surface area contributed by atoms with Gasteiger partial charge in [0.1, 0.15) is 0 Å². The third-order valence-corrected chi connectivity index (χ3v) is 19.3. The molecule has 0 unspecified atom stereocenters. The zero-order valence-electron chi connectivity index (χ0n) is 60.1. The van der Waals surface area contributed by atoms with Crippen molar-refractivity contribution in [2.75, 3.05) is 0 Å². The van der Waals surface area contributed by atoms with Crippen LogP contribution in [0.25, 0.3) is 84.6 Å². The molecule has 0 spiro atoms. The van der Waals surface area contributed by atoms with Crippen LogP contribution in [0.1, 0.15) is 186 Å². The standard InChI is InChI=1S/C92H92N7.Ir/c1-60(2)81-51-73(67-31-19-13-20-32-67)52-82(61(3)4)87(81)97-57-78(94-90(97)70-37-25-16-26-38-70)44-43-66-49-76(45-47-79-58-98(91(95-79)71-39-27-17-28-40-71)88-83(62(5)6)53-74(54-84(88)63(7)8)68-33-21-14-22-34-68)93-77(50-66)46-48-80-59-99(92(96-80)72-41-29-18-30-42-72)89-85(64(9)10)55-75(56-86(89)65(11)12)69-35-23-15-24-36-69;/h13-37,39,41,49-65H,43-48H2,1-12H3;/q-3;+3. The molecular formula is C92H92IrN7. The average Bonchev–Trinajstić information content (AvgIpc) is 1.50. The van der Waals surface area contributed by atoms with Crippen LogP contribution in [-0.4, -0.2) is 33.6 Å². The van der Waals surface area contributed by atoms with Gasteiger partial charge in [0.05, 0.1) is 17.5 Å². The fourth-order valence-corrected chi connectivity index (χ4v) is 14.1. The Hall–Kier alpha value is -9.59. The molecule has 8 heteroatoms. The van der Waals surface area contributed by atoms with E-state index in [0.29, 0.717) is 25.7 Å². The van der Waals surface area contributed by atoms with Crippen LogP contribution in [0.3, 0.4) is 0 Å². The molecule has 0 fully saturated rings. The summed E-state index contributed by atoms with van der Waals surface area (Å²) < 4.78 is 7.12. The van der Waals surface area contributed by atoms with Gasteiger partial charge in [-0.1, -0.05) is 174 Å². The van der Waals surface area contributed by atoms with Crippen LogP contribution < -0.4 is 0 Å². The van der Waals surface area contributed by atoms with E-state index in [1.807, 2.05) is 36.4 Å². The van der Waals surface area contributed by atoms with E-state index in [9.17, 15) is 0 Å². The van der Waals surface area contributed by atoms with Crippen molar-refractivity contribution < 1.29 is 20.1 Å². The molecule has 0 saturated carbocycles. The maximum Gasteiger partial charge on any atom is 3.00 e. The molecule has 7 nitrogen and oxygen atoms in total. The molecule has 0 aliphatic rings. The molecular weight excluding hydrogens is 1400 g/mol. The number of rotatable bonds is 24. The van der Waals surface area contributed by atoms with E-state index in [4.69, 9.17) is 19.9 Å². The van der Waals surface area contributed by atoms with Crippen LogP contribution in [0, 0.1) is 18.2 Å². The van der Waals surface area contributed by atoms with E-state index in [1.54, 1.807) is 0 Å². The molecule has 13 rings (SSSR count). The zero-order valence-corrected chi connectivity index (χ0v) is 62.5. The largest absolute Gasteiger partial charge is 3.00 e. The summed E-state index contributed by atoms with van der Waals surface area (Å²) in [6, 6.07) is 87.0. The number of hydrogen-bond donors (Lipinski definition) is 0. The second-order valence-corrected chi connectivity index (χ2v) is 28.6. The Morgan fingerprint density at radius 2 is 0.520 bits per heavy atom. The number of imidazole rings is 3. The minimum absolute atomic E-state index is 0. The number of hydrogen-bond acceptors (Lipinski definition) is 4. The van der Waals surface area contributed by atoms with Crippen LogP contribution in [0.2, 0.25) is 0 Å². The molecule has 0 saturated heterocycles. The average molecular weight is 1490 g/mol. The first-order valence-corrected chi connectivity index (χ1v) is 35.9. The van der Waals surface area contributed by atoms with Crippen molar-refractivity contribution in [2.24, 2.45) is 0 Å². The van der Waals surface area contributed by atoms with E-state index < -0.39 is 0 Å². The molecule has 0 aliphatic heterocycles. The summed E-state index contributed by atoms with van der Waals surface area (Å²) in [7, 11) is 0. The molecule has 0 atom stereocenters. The van der Waals surface area contributed by atoms with Crippen LogP contribution in [0.15, 0.2) is 231 Å². The van der Waals surface area contributed by atoms with E-state index in [1.165, 1.54) is 89.4 Å². The molecule has 13 aromatic rings. The predicted molar refractivity (Wildman–Crippen MR) is 411 cm³/mol. The van der Waals surface area contributed by atoms with Crippen LogP contribution in [0.4, 0.5) is 0 Å². The third-order valence-electron chi connectivity index (χ3n) is 19.3. The summed E-state index contributed by atoms with van der Waals surface area (Å²) in [4.78, 5) is 22.3. The van der Waals surface area contributed by atoms with E-state index in [0.717, 1.165) is 75.5 Å². The second-order valence-electron chi connectivity index (χ2n) is 28.6. The van der Waals surface area contributed by atoms with Gasteiger partial charge >= 0.3 is 20.1 Å². The van der Waals surface area contributed by atoms with Crippen LogP contribution in [0.5, 0.6) is 0 Å². The first-order chi connectivity index (χ1) is 48.0. The summed E-state index contributed by atoms with van der Waals surface area (Å²) in [6.45, 7) is 27.7. The Balaban J connectivity index is 0.00000948. The predicted octanol–water partition coefficient (Wildman–Crippen LogP) is 23.1. The molecule has 4 heterocycles. The van der Waals surface area contributed by atoms with Crippen molar-refractivity contribution in [1.29, 1.82) is 0 Å². The molecule has 504 valence electrons. The van der Waals surface area contributed by atoms with E-state index in [-0.39, 0.29) is 55.6 Å². The van der Waals surface area contributed by atoms with Crippen molar-refractivity contribution in [3.8, 4) is 84.6 Å². The second kappa shape index (κ2) is 31.3. The maximum absolute atomic E-state index is 5.61. The van der Waals surface area contributed by atoms with Gasteiger partial charge in [-0.3, -0.25) is 19.9 Å². The molecule has 100 heavy (non-hydrogen) atoms. The Labute approximate surface area is 607 Å². The summed E-state index contributed by atoms with van der Waals surface area (Å²) in [5.74, 6) is 4.20. The van der Waals surface area contributed by atoms with Gasteiger partial charge in [-0.05, 0) is 195 Å². The van der Waals surface area contributed by atoms with Gasteiger partial charge in [0, 0.05) is 64.1 Å². The monoisotopic (exact) mass is 1490 g/mol. The van der Waals surface area contributed by atoms with E-state index >= 15 is 0 Å². The van der Waals surface area contributed by atoms with Crippen LogP contribution >= 0.6 is 0 Å². The molecule has 0 bridgehead atoms. The Morgan fingerprint density at radius 1 is 0.270 bits per heavy atom. The number of aryl methyl sites for hydroxylation is 6. The van der Waals surface area contributed by atoms with Crippen molar-refractivity contribution in [3.63, 3.8) is 0 Å². The summed E-state index contributed by atoms with van der Waals surface area (Å²) in [5.41, 5.74) is 28.0. The summed E-state index contributed by atoms with van der Waals surface area (Å²) >= 11 is 0. The SMILES string of the molecule is CC(C)c1cc(-c2ccccc2)cc(C(C)C)c1-n1cc(CCc2cc(CCc3cn(-c4c(C(C)C)cc(-c5ccccc5)cc4C(C)C)c(-c4[c-]cccc4)n3)nc(CCc3cn(-c4c(C(C)C)cc(-c5ccccc5)cc4C(C)C)c(-c4[c-]cccc4)n3)c2)nc1-c1[c-]cccc1.[Ir+3]. The minimum atomic E-state index is 0. The van der Waals surface area contributed by atoms with Crippen molar-refractivity contribution in [2.45, 2.75) is 157 Å². The number of pyridine rings is 1. The minimum Gasteiger partial charge on any atom is -0.339 e. The molecule has 9 aromatic carbocycles. The molecule has 0 radical (unpaired) electrons. The first-order valence-electron chi connectivity index (χ1n) is 35.9. The topological polar surface area (TPSA) is 66.3 Å².